The Hall–Kier alpha value is -0.870. The molecule has 1 aromatic rings. The normalized spacial score (nSPS) is 13.2. The lowest BCUT2D eigenvalue weighted by Gasteiger charge is -2.09. The van der Waals surface area contributed by atoms with Crippen LogP contribution in [0, 0.1) is 5.92 Å². The van der Waals surface area contributed by atoms with Gasteiger partial charge in [0.25, 0.3) is 0 Å². The molecule has 1 unspecified atom stereocenters. The van der Waals surface area contributed by atoms with E-state index in [0.717, 1.165) is 12.8 Å². The van der Waals surface area contributed by atoms with Crippen LogP contribution in [0.25, 0.3) is 0 Å². The van der Waals surface area contributed by atoms with E-state index < -0.39 is 0 Å². The van der Waals surface area contributed by atoms with Crippen molar-refractivity contribution in [2.24, 2.45) is 18.7 Å². The van der Waals surface area contributed by atoms with Gasteiger partial charge < -0.3 is 10.8 Å². The first-order valence-electron chi connectivity index (χ1n) is 4.54. The molecular weight excluding hydrogens is 166 g/mol. The zero-order valence-corrected chi connectivity index (χ0v) is 7.98. The maximum atomic E-state index is 8.91. The number of hydrogen-bond donors (Lipinski definition) is 2. The average Bonchev–Trinajstić information content (AvgIpc) is 2.53. The summed E-state index contributed by atoms with van der Waals surface area (Å²) in [6.45, 7) is 0.730. The molecule has 0 amide bonds. The van der Waals surface area contributed by atoms with Gasteiger partial charge in [-0.1, -0.05) is 0 Å². The monoisotopic (exact) mass is 183 g/mol. The number of hydrogen-bond acceptors (Lipinski definition) is 3. The van der Waals surface area contributed by atoms with E-state index >= 15 is 0 Å². The molecule has 74 valence electrons. The number of nitrogens with two attached hydrogens (primary N) is 1. The van der Waals surface area contributed by atoms with Crippen molar-refractivity contribution in [3.05, 3.63) is 18.0 Å². The van der Waals surface area contributed by atoms with Crippen LogP contribution >= 0.6 is 0 Å². The summed E-state index contributed by atoms with van der Waals surface area (Å²) in [5.41, 5.74) is 6.67. The van der Waals surface area contributed by atoms with Gasteiger partial charge in [-0.2, -0.15) is 5.10 Å². The lowest BCUT2D eigenvalue weighted by molar-refractivity contribution is 0.223. The molecule has 13 heavy (non-hydrogen) atoms. The van der Waals surface area contributed by atoms with Gasteiger partial charge in [0.05, 0.1) is 6.20 Å². The molecule has 0 fully saturated rings. The Bertz CT molecular complexity index is 243. The van der Waals surface area contributed by atoms with E-state index in [1.54, 1.807) is 4.68 Å². The lowest BCUT2D eigenvalue weighted by Crippen LogP contribution is -2.18. The second kappa shape index (κ2) is 4.99. The molecule has 0 aromatic carbocycles. The highest BCUT2D eigenvalue weighted by Crippen LogP contribution is 2.07. The van der Waals surface area contributed by atoms with Crippen LogP contribution in [0.3, 0.4) is 0 Å². The fourth-order valence-electron chi connectivity index (χ4n) is 1.26. The molecule has 1 atom stereocenters. The summed E-state index contributed by atoms with van der Waals surface area (Å²) in [5, 5.41) is 13.0. The minimum atomic E-state index is 0.177. The standard InChI is InChI=1S/C9H17N3O/c1-12-6-9(5-11-12)3-2-8(4-10)7-13/h5-6,8,13H,2-4,7,10H2,1H3. The van der Waals surface area contributed by atoms with Gasteiger partial charge in [-0.15, -0.1) is 0 Å². The van der Waals surface area contributed by atoms with Gasteiger partial charge in [0.15, 0.2) is 0 Å². The molecule has 0 aliphatic carbocycles. The van der Waals surface area contributed by atoms with Gasteiger partial charge in [0.2, 0.25) is 0 Å². The van der Waals surface area contributed by atoms with Crippen LogP contribution in [0.1, 0.15) is 12.0 Å². The maximum Gasteiger partial charge on any atom is 0.0521 e. The van der Waals surface area contributed by atoms with Crippen molar-refractivity contribution in [2.75, 3.05) is 13.2 Å². The number of nitrogens with zero attached hydrogens (tertiary/aromatic N) is 2. The Morgan fingerprint density at radius 3 is 2.92 bits per heavy atom. The van der Waals surface area contributed by atoms with Crippen LogP contribution in [-0.4, -0.2) is 28.0 Å². The second-order valence-electron chi connectivity index (χ2n) is 3.35. The van der Waals surface area contributed by atoms with E-state index in [2.05, 4.69) is 5.10 Å². The van der Waals surface area contributed by atoms with E-state index in [4.69, 9.17) is 10.8 Å². The zero-order valence-electron chi connectivity index (χ0n) is 7.98. The van der Waals surface area contributed by atoms with Gasteiger partial charge >= 0.3 is 0 Å². The van der Waals surface area contributed by atoms with Gasteiger partial charge in [0.1, 0.15) is 0 Å². The van der Waals surface area contributed by atoms with Crippen LogP contribution in [-0.2, 0) is 13.5 Å². The van der Waals surface area contributed by atoms with Crippen molar-refractivity contribution in [2.45, 2.75) is 12.8 Å². The largest absolute Gasteiger partial charge is 0.396 e. The molecule has 0 radical (unpaired) electrons. The van der Waals surface area contributed by atoms with E-state index in [9.17, 15) is 0 Å². The van der Waals surface area contributed by atoms with Gasteiger partial charge in [0, 0.05) is 19.9 Å². The summed E-state index contributed by atoms with van der Waals surface area (Å²) in [4.78, 5) is 0. The number of aliphatic hydroxyl groups excluding tert-OH is 1. The highest BCUT2D eigenvalue weighted by atomic mass is 16.3. The number of aliphatic hydroxyl groups is 1. The summed E-state index contributed by atoms with van der Waals surface area (Å²) >= 11 is 0. The molecule has 0 aliphatic rings. The third kappa shape index (κ3) is 3.16. The first-order chi connectivity index (χ1) is 6.26. The van der Waals surface area contributed by atoms with Gasteiger partial charge in [-0.3, -0.25) is 4.68 Å². The molecule has 0 bridgehead atoms. The molecule has 0 spiro atoms. The SMILES string of the molecule is Cn1cc(CCC(CN)CO)cn1. The summed E-state index contributed by atoms with van der Waals surface area (Å²) in [5.74, 6) is 0.222. The predicted octanol–water partition coefficient (Wildman–Crippen LogP) is -0.0801. The minimum Gasteiger partial charge on any atom is -0.396 e. The van der Waals surface area contributed by atoms with Crippen LogP contribution in [0.4, 0.5) is 0 Å². The molecule has 3 N–H and O–H groups in total. The van der Waals surface area contributed by atoms with Crippen LogP contribution in [0.2, 0.25) is 0 Å². The fraction of sp³-hybridized carbons (Fsp3) is 0.667. The van der Waals surface area contributed by atoms with Gasteiger partial charge in [-0.25, -0.2) is 0 Å². The zero-order chi connectivity index (χ0) is 9.68. The lowest BCUT2D eigenvalue weighted by atomic mass is 10.0. The molecule has 1 rings (SSSR count). The van der Waals surface area contributed by atoms with E-state index in [1.807, 2.05) is 19.4 Å². The van der Waals surface area contributed by atoms with Crippen LogP contribution in [0.5, 0.6) is 0 Å². The second-order valence-corrected chi connectivity index (χ2v) is 3.35. The van der Waals surface area contributed by atoms with E-state index in [-0.39, 0.29) is 12.5 Å². The molecule has 0 saturated carbocycles. The van der Waals surface area contributed by atoms with Crippen LogP contribution < -0.4 is 5.73 Å². The predicted molar refractivity (Wildman–Crippen MR) is 51.2 cm³/mol. The van der Waals surface area contributed by atoms with Crippen molar-refractivity contribution >= 4 is 0 Å². The third-order valence-electron chi connectivity index (χ3n) is 2.19. The first-order valence-corrected chi connectivity index (χ1v) is 4.54. The maximum absolute atomic E-state index is 8.91. The highest BCUT2D eigenvalue weighted by molar-refractivity contribution is 5.03. The number of rotatable bonds is 5. The Morgan fingerprint density at radius 1 is 1.69 bits per heavy atom. The molecule has 4 heteroatoms. The molecular formula is C9H17N3O. The Balaban J connectivity index is 2.33. The highest BCUT2D eigenvalue weighted by Gasteiger charge is 2.05. The Kier molecular flexibility index (Phi) is 3.92. The smallest absolute Gasteiger partial charge is 0.0521 e. The molecule has 1 heterocycles. The van der Waals surface area contributed by atoms with Crippen molar-refractivity contribution in [3.8, 4) is 0 Å². The molecule has 4 nitrogen and oxygen atoms in total. The summed E-state index contributed by atoms with van der Waals surface area (Å²) in [6, 6.07) is 0. The molecule has 1 aromatic heterocycles. The summed E-state index contributed by atoms with van der Waals surface area (Å²) in [7, 11) is 1.90. The van der Waals surface area contributed by atoms with Crippen molar-refractivity contribution in [1.82, 2.24) is 9.78 Å². The number of aryl methyl sites for hydroxylation is 2. The molecule has 0 aliphatic heterocycles. The average molecular weight is 183 g/mol. The summed E-state index contributed by atoms with van der Waals surface area (Å²) in [6.07, 6.45) is 5.71. The topological polar surface area (TPSA) is 64.1 Å². The minimum absolute atomic E-state index is 0.177. The quantitative estimate of drug-likeness (QED) is 0.671. The Morgan fingerprint density at radius 2 is 2.46 bits per heavy atom. The fourth-order valence-corrected chi connectivity index (χ4v) is 1.26. The molecule has 0 saturated heterocycles. The summed E-state index contributed by atoms with van der Waals surface area (Å²) < 4.78 is 1.78. The third-order valence-corrected chi connectivity index (χ3v) is 2.19. The van der Waals surface area contributed by atoms with Crippen molar-refractivity contribution in [3.63, 3.8) is 0 Å². The van der Waals surface area contributed by atoms with Crippen molar-refractivity contribution in [1.29, 1.82) is 0 Å². The number of aromatic nitrogens is 2. The van der Waals surface area contributed by atoms with Gasteiger partial charge in [-0.05, 0) is 30.9 Å². The van der Waals surface area contributed by atoms with E-state index in [1.165, 1.54) is 5.56 Å². The van der Waals surface area contributed by atoms with Crippen molar-refractivity contribution < 1.29 is 5.11 Å². The van der Waals surface area contributed by atoms with Crippen LogP contribution in [0.15, 0.2) is 12.4 Å². The Labute approximate surface area is 78.4 Å². The van der Waals surface area contributed by atoms with E-state index in [0.29, 0.717) is 6.54 Å². The first kappa shape index (κ1) is 10.2.